The van der Waals surface area contributed by atoms with Gasteiger partial charge >= 0.3 is 0 Å². The van der Waals surface area contributed by atoms with Crippen LogP contribution >= 0.6 is 0 Å². The van der Waals surface area contributed by atoms with Gasteiger partial charge in [-0.05, 0) is 36.2 Å². The summed E-state index contributed by atoms with van der Waals surface area (Å²) in [5.41, 5.74) is 10.9. The average Bonchev–Trinajstić information content (AvgIpc) is 2.49. The number of rotatable bonds is 3. The van der Waals surface area contributed by atoms with E-state index in [0.717, 1.165) is 28.7 Å². The van der Waals surface area contributed by atoms with Gasteiger partial charge in [-0.25, -0.2) is 0 Å². The Morgan fingerprint density at radius 1 is 1.10 bits per heavy atom. The molecule has 100 valence electrons. The van der Waals surface area contributed by atoms with E-state index in [-0.39, 0.29) is 0 Å². The number of aromatic nitrogens is 1. The zero-order chi connectivity index (χ0) is 13.9. The third-order valence-corrected chi connectivity index (χ3v) is 3.42. The molecule has 20 heavy (non-hydrogen) atoms. The lowest BCUT2D eigenvalue weighted by atomic mass is 10.1. The van der Waals surface area contributed by atoms with E-state index in [2.05, 4.69) is 41.5 Å². The Morgan fingerprint density at radius 2 is 1.95 bits per heavy atom. The first kappa shape index (κ1) is 12.5. The van der Waals surface area contributed by atoms with E-state index in [1.54, 1.807) is 6.20 Å². The first-order chi connectivity index (χ1) is 9.78. The molecule has 0 saturated heterocycles. The number of nitrogens with one attached hydrogen (secondary N) is 1. The molecule has 1 aromatic heterocycles. The van der Waals surface area contributed by atoms with E-state index in [1.165, 1.54) is 5.56 Å². The van der Waals surface area contributed by atoms with Crippen LogP contribution in [0, 0.1) is 0 Å². The molecule has 2 aromatic carbocycles. The molecule has 3 aromatic rings. The number of benzene rings is 2. The second kappa shape index (κ2) is 5.21. The Balaban J connectivity index is 2.04. The number of aryl methyl sites for hydroxylation is 1. The molecule has 3 nitrogen and oxygen atoms in total. The second-order valence-electron chi connectivity index (χ2n) is 4.78. The van der Waals surface area contributed by atoms with Crippen molar-refractivity contribution in [1.82, 2.24) is 4.98 Å². The number of nitrogen functional groups attached to an aromatic ring is 1. The summed E-state index contributed by atoms with van der Waals surface area (Å²) in [4.78, 5) is 4.35. The molecule has 1 heterocycles. The largest absolute Gasteiger partial charge is 0.397 e. The molecular formula is C17H17N3. The Bertz CT molecular complexity index is 750. The van der Waals surface area contributed by atoms with Crippen molar-refractivity contribution in [3.8, 4) is 0 Å². The van der Waals surface area contributed by atoms with Crippen LogP contribution in [0.3, 0.4) is 0 Å². The van der Waals surface area contributed by atoms with Crippen LogP contribution in [0.4, 0.5) is 17.1 Å². The van der Waals surface area contributed by atoms with E-state index in [9.17, 15) is 0 Å². The van der Waals surface area contributed by atoms with Gasteiger partial charge in [-0.2, -0.15) is 0 Å². The van der Waals surface area contributed by atoms with Gasteiger partial charge in [0, 0.05) is 23.0 Å². The third kappa shape index (κ3) is 2.30. The van der Waals surface area contributed by atoms with Crippen LogP contribution < -0.4 is 11.1 Å². The van der Waals surface area contributed by atoms with Crippen LogP contribution in [-0.2, 0) is 6.42 Å². The molecule has 0 saturated carbocycles. The topological polar surface area (TPSA) is 50.9 Å². The molecule has 0 aliphatic heterocycles. The lowest BCUT2D eigenvalue weighted by molar-refractivity contribution is 1.14. The number of anilines is 3. The van der Waals surface area contributed by atoms with Gasteiger partial charge in [0.1, 0.15) is 0 Å². The number of para-hydroxylation sites is 1. The van der Waals surface area contributed by atoms with Crippen LogP contribution in [0.1, 0.15) is 12.5 Å². The first-order valence-electron chi connectivity index (χ1n) is 6.77. The van der Waals surface area contributed by atoms with Crippen molar-refractivity contribution >= 4 is 28.0 Å². The fourth-order valence-corrected chi connectivity index (χ4v) is 2.33. The van der Waals surface area contributed by atoms with Crippen LogP contribution in [-0.4, -0.2) is 4.98 Å². The molecule has 0 aliphatic rings. The summed E-state index contributed by atoms with van der Waals surface area (Å²) in [6.45, 7) is 2.15. The second-order valence-corrected chi connectivity index (χ2v) is 4.78. The van der Waals surface area contributed by atoms with Crippen molar-refractivity contribution in [2.75, 3.05) is 11.1 Å². The Kier molecular flexibility index (Phi) is 3.25. The normalized spacial score (nSPS) is 10.7. The van der Waals surface area contributed by atoms with Crippen molar-refractivity contribution in [3.05, 3.63) is 60.3 Å². The van der Waals surface area contributed by atoms with Crippen molar-refractivity contribution in [2.45, 2.75) is 13.3 Å². The van der Waals surface area contributed by atoms with Crippen LogP contribution in [0.2, 0.25) is 0 Å². The maximum atomic E-state index is 5.97. The monoisotopic (exact) mass is 263 g/mol. The first-order valence-corrected chi connectivity index (χ1v) is 6.77. The van der Waals surface area contributed by atoms with Crippen LogP contribution in [0.15, 0.2) is 54.7 Å². The summed E-state index contributed by atoms with van der Waals surface area (Å²) in [6.07, 6.45) is 2.81. The Morgan fingerprint density at radius 3 is 2.80 bits per heavy atom. The highest BCUT2D eigenvalue weighted by Gasteiger charge is 2.04. The molecule has 0 bridgehead atoms. The molecule has 0 amide bonds. The zero-order valence-corrected chi connectivity index (χ0v) is 11.4. The highest BCUT2D eigenvalue weighted by Crippen LogP contribution is 2.28. The minimum atomic E-state index is 0.702. The summed E-state index contributed by atoms with van der Waals surface area (Å²) in [5.74, 6) is 0. The van der Waals surface area contributed by atoms with Crippen LogP contribution in [0.5, 0.6) is 0 Å². The summed E-state index contributed by atoms with van der Waals surface area (Å²) < 4.78 is 0. The smallest absolute Gasteiger partial charge is 0.0951 e. The van der Waals surface area contributed by atoms with Gasteiger partial charge in [0.2, 0.25) is 0 Å². The zero-order valence-electron chi connectivity index (χ0n) is 11.4. The molecule has 0 atom stereocenters. The molecule has 0 unspecified atom stereocenters. The maximum Gasteiger partial charge on any atom is 0.0951 e. The number of hydrogen-bond acceptors (Lipinski definition) is 3. The molecular weight excluding hydrogens is 246 g/mol. The molecule has 0 radical (unpaired) electrons. The van der Waals surface area contributed by atoms with E-state index < -0.39 is 0 Å². The van der Waals surface area contributed by atoms with Crippen LogP contribution in [0.25, 0.3) is 10.9 Å². The Labute approximate surface area is 118 Å². The van der Waals surface area contributed by atoms with E-state index >= 15 is 0 Å². The van der Waals surface area contributed by atoms with Gasteiger partial charge in [-0.1, -0.05) is 31.2 Å². The van der Waals surface area contributed by atoms with Gasteiger partial charge in [0.25, 0.3) is 0 Å². The van der Waals surface area contributed by atoms with Crippen molar-refractivity contribution in [3.63, 3.8) is 0 Å². The van der Waals surface area contributed by atoms with Crippen molar-refractivity contribution < 1.29 is 0 Å². The van der Waals surface area contributed by atoms with Gasteiger partial charge in [-0.15, -0.1) is 0 Å². The number of hydrogen-bond donors (Lipinski definition) is 2. The maximum absolute atomic E-state index is 5.97. The molecule has 0 aliphatic carbocycles. The summed E-state index contributed by atoms with van der Waals surface area (Å²) in [6, 6.07) is 16.3. The molecule has 3 rings (SSSR count). The van der Waals surface area contributed by atoms with E-state index in [1.807, 2.05) is 24.3 Å². The van der Waals surface area contributed by atoms with Crippen molar-refractivity contribution in [1.29, 1.82) is 0 Å². The lowest BCUT2D eigenvalue weighted by Gasteiger charge is -2.11. The third-order valence-electron chi connectivity index (χ3n) is 3.42. The quantitative estimate of drug-likeness (QED) is 0.699. The number of fused-ring (bicyclic) bond motifs is 1. The molecule has 0 fully saturated rings. The number of nitrogens with two attached hydrogens (primary N) is 1. The van der Waals surface area contributed by atoms with Gasteiger partial charge in [-0.3, -0.25) is 4.98 Å². The van der Waals surface area contributed by atoms with E-state index in [4.69, 9.17) is 5.73 Å². The molecule has 3 N–H and O–H groups in total. The minimum absolute atomic E-state index is 0.702. The standard InChI is InChI=1S/C17H17N3/c1-2-12-5-3-6-13(11-12)20-16-9-10-19-17-14(16)7-4-8-15(17)18/h3-11H,2,18H2,1H3,(H,19,20). The highest BCUT2D eigenvalue weighted by molar-refractivity contribution is 5.98. The SMILES string of the molecule is CCc1cccc(Nc2ccnc3c(N)cccc23)c1. The van der Waals surface area contributed by atoms with Crippen molar-refractivity contribution in [2.24, 2.45) is 0 Å². The minimum Gasteiger partial charge on any atom is -0.397 e. The predicted octanol–water partition coefficient (Wildman–Crippen LogP) is 4.12. The lowest BCUT2D eigenvalue weighted by Crippen LogP contribution is -1.95. The van der Waals surface area contributed by atoms with Gasteiger partial charge < -0.3 is 11.1 Å². The summed E-state index contributed by atoms with van der Waals surface area (Å²) >= 11 is 0. The molecule has 0 spiro atoms. The highest BCUT2D eigenvalue weighted by atomic mass is 14.9. The summed E-state index contributed by atoms with van der Waals surface area (Å²) in [5, 5.41) is 4.49. The van der Waals surface area contributed by atoms with Gasteiger partial charge in [0.15, 0.2) is 0 Å². The number of pyridine rings is 1. The van der Waals surface area contributed by atoms with Gasteiger partial charge in [0.05, 0.1) is 11.2 Å². The predicted molar refractivity (Wildman–Crippen MR) is 85.3 cm³/mol. The fourth-order valence-electron chi connectivity index (χ4n) is 2.33. The average molecular weight is 263 g/mol. The Hall–Kier alpha value is -2.55. The fraction of sp³-hybridized carbons (Fsp3) is 0.118. The number of nitrogens with zero attached hydrogens (tertiary/aromatic N) is 1. The molecule has 3 heteroatoms. The van der Waals surface area contributed by atoms with E-state index in [0.29, 0.717) is 5.69 Å². The summed E-state index contributed by atoms with van der Waals surface area (Å²) in [7, 11) is 0.